The molecule has 0 saturated heterocycles. The fraction of sp³-hybridized carbons (Fsp3) is 0.238. The molecule has 0 atom stereocenters. The molecule has 31 heavy (non-hydrogen) atoms. The zero-order valence-corrected chi connectivity index (χ0v) is 18.5. The molecular formula is C21H19N3O5S2. The molecule has 0 aliphatic rings. The molecule has 0 fully saturated rings. The number of rotatable bonds is 8. The third-order valence-electron chi connectivity index (χ3n) is 4.52. The Morgan fingerprint density at radius 1 is 1.26 bits per heavy atom. The van der Waals surface area contributed by atoms with Crippen molar-refractivity contribution in [3.8, 4) is 16.5 Å². The number of benzene rings is 1. The first-order valence-corrected chi connectivity index (χ1v) is 11.3. The number of carbonyl (C=O) groups excluding carboxylic acids is 1. The third kappa shape index (κ3) is 4.64. The van der Waals surface area contributed by atoms with Crippen LogP contribution in [0.25, 0.3) is 21.7 Å². The Hall–Kier alpha value is -3.11. The van der Waals surface area contributed by atoms with Crippen LogP contribution in [0.4, 0.5) is 0 Å². The molecule has 0 aliphatic heterocycles. The Morgan fingerprint density at radius 2 is 2.13 bits per heavy atom. The number of hydrogen-bond donors (Lipinski definition) is 0. The van der Waals surface area contributed by atoms with Gasteiger partial charge in [0, 0.05) is 29.6 Å². The summed E-state index contributed by atoms with van der Waals surface area (Å²) < 4.78 is 17.7. The average Bonchev–Trinajstić information content (AvgIpc) is 3.44. The lowest BCUT2D eigenvalue weighted by Gasteiger charge is -2.09. The zero-order valence-electron chi connectivity index (χ0n) is 16.9. The van der Waals surface area contributed by atoms with Crippen molar-refractivity contribution in [2.45, 2.75) is 25.2 Å². The molecule has 3 aromatic heterocycles. The highest BCUT2D eigenvalue weighted by Crippen LogP contribution is 2.27. The summed E-state index contributed by atoms with van der Waals surface area (Å²) in [6, 6.07) is 10.4. The lowest BCUT2D eigenvalue weighted by Crippen LogP contribution is -2.10. The van der Waals surface area contributed by atoms with Crippen molar-refractivity contribution in [2.75, 3.05) is 12.9 Å². The lowest BCUT2D eigenvalue weighted by molar-refractivity contribution is -0.141. The van der Waals surface area contributed by atoms with E-state index >= 15 is 0 Å². The molecule has 0 unspecified atom stereocenters. The molecule has 4 rings (SSSR count). The van der Waals surface area contributed by atoms with Gasteiger partial charge in [0.2, 0.25) is 0 Å². The van der Waals surface area contributed by atoms with Gasteiger partial charge in [-0.2, -0.15) is 0 Å². The largest absolute Gasteiger partial charge is 0.497 e. The molecule has 4 aromatic rings. The van der Waals surface area contributed by atoms with Crippen molar-refractivity contribution in [1.29, 1.82) is 0 Å². The van der Waals surface area contributed by atoms with Gasteiger partial charge in [0.25, 0.3) is 0 Å². The highest BCUT2D eigenvalue weighted by Gasteiger charge is 2.16. The van der Waals surface area contributed by atoms with Crippen molar-refractivity contribution in [2.24, 2.45) is 0 Å². The number of thioether (sulfide) groups is 1. The number of aromatic nitrogens is 3. The second-order valence-corrected chi connectivity index (χ2v) is 8.32. The van der Waals surface area contributed by atoms with E-state index in [1.54, 1.807) is 29.5 Å². The maximum absolute atomic E-state index is 12.3. The Kier molecular flexibility index (Phi) is 6.38. The topological polar surface area (TPSA) is 96.5 Å². The summed E-state index contributed by atoms with van der Waals surface area (Å²) in [7, 11) is 1.53. The quantitative estimate of drug-likeness (QED) is 0.223. The minimum Gasteiger partial charge on any atom is -0.497 e. The molecule has 0 spiro atoms. The number of thiophene rings is 1. The number of fused-ring (bicyclic) bond motifs is 1. The molecule has 8 nitrogen and oxygen atoms in total. The van der Waals surface area contributed by atoms with Crippen LogP contribution < -0.4 is 10.4 Å². The molecule has 160 valence electrons. The lowest BCUT2D eigenvalue weighted by atomic mass is 10.1. The number of nitrogens with zero attached hydrogens (tertiary/aromatic N) is 3. The molecule has 0 bridgehead atoms. The van der Waals surface area contributed by atoms with Gasteiger partial charge in [0.15, 0.2) is 11.0 Å². The van der Waals surface area contributed by atoms with E-state index in [4.69, 9.17) is 13.9 Å². The predicted octanol–water partition coefficient (Wildman–Crippen LogP) is 3.98. The van der Waals surface area contributed by atoms with Crippen molar-refractivity contribution >= 4 is 40.0 Å². The fourth-order valence-corrected chi connectivity index (χ4v) is 4.57. The Labute approximate surface area is 185 Å². The van der Waals surface area contributed by atoms with Crippen molar-refractivity contribution in [3.05, 3.63) is 57.8 Å². The number of carbonyl (C=O) groups is 1. The summed E-state index contributed by atoms with van der Waals surface area (Å²) in [5.41, 5.74) is 0.437. The van der Waals surface area contributed by atoms with Crippen LogP contribution >= 0.6 is 23.1 Å². The third-order valence-corrected chi connectivity index (χ3v) is 6.33. The van der Waals surface area contributed by atoms with E-state index in [2.05, 4.69) is 10.2 Å². The number of methoxy groups -OCH3 is 1. The zero-order chi connectivity index (χ0) is 21.8. The minimum atomic E-state index is -0.515. The summed E-state index contributed by atoms with van der Waals surface area (Å²) in [5, 5.41) is 11.8. The summed E-state index contributed by atoms with van der Waals surface area (Å²) in [6.45, 7) is 2.66. The number of hydrogen-bond acceptors (Lipinski definition) is 9. The predicted molar refractivity (Wildman–Crippen MR) is 119 cm³/mol. The van der Waals surface area contributed by atoms with Gasteiger partial charge in [0.1, 0.15) is 17.9 Å². The number of ether oxygens (including phenoxy) is 2. The second kappa shape index (κ2) is 9.36. The average molecular weight is 458 g/mol. The minimum absolute atomic E-state index is 0.0330. The van der Waals surface area contributed by atoms with E-state index in [1.807, 2.05) is 29.0 Å². The summed E-state index contributed by atoms with van der Waals surface area (Å²) in [4.78, 5) is 25.2. The van der Waals surface area contributed by atoms with Crippen LogP contribution in [0.5, 0.6) is 5.75 Å². The highest BCUT2D eigenvalue weighted by molar-refractivity contribution is 7.99. The normalized spacial score (nSPS) is 11.0. The van der Waals surface area contributed by atoms with E-state index in [-0.39, 0.29) is 12.4 Å². The molecule has 0 radical (unpaired) electrons. The van der Waals surface area contributed by atoms with Gasteiger partial charge < -0.3 is 18.5 Å². The van der Waals surface area contributed by atoms with Gasteiger partial charge >= 0.3 is 11.6 Å². The summed E-state index contributed by atoms with van der Waals surface area (Å²) in [5.74, 6) is 1.02. The van der Waals surface area contributed by atoms with E-state index < -0.39 is 11.6 Å². The molecular weight excluding hydrogens is 438 g/mol. The fourth-order valence-electron chi connectivity index (χ4n) is 3.05. The van der Waals surface area contributed by atoms with Gasteiger partial charge in [0.05, 0.1) is 17.7 Å². The Balaban J connectivity index is 1.42. The number of esters is 1. The highest BCUT2D eigenvalue weighted by atomic mass is 32.2. The SMILES string of the molecule is CCn1c(SCC(=O)OCc2cc(=O)oc3cc(OC)ccc23)nnc1-c1cccs1. The van der Waals surface area contributed by atoms with Crippen LogP contribution in [0.15, 0.2) is 56.1 Å². The van der Waals surface area contributed by atoms with Crippen LogP contribution in [0.3, 0.4) is 0 Å². The van der Waals surface area contributed by atoms with Crippen LogP contribution in [0.2, 0.25) is 0 Å². The van der Waals surface area contributed by atoms with Crippen LogP contribution in [-0.2, 0) is 22.7 Å². The molecule has 0 N–H and O–H groups in total. The van der Waals surface area contributed by atoms with Crippen molar-refractivity contribution in [1.82, 2.24) is 14.8 Å². The van der Waals surface area contributed by atoms with E-state index in [1.165, 1.54) is 24.9 Å². The molecule has 1 aromatic carbocycles. The van der Waals surface area contributed by atoms with Gasteiger partial charge in [-0.3, -0.25) is 4.79 Å². The van der Waals surface area contributed by atoms with Crippen molar-refractivity contribution < 1.29 is 18.7 Å². The first-order valence-electron chi connectivity index (χ1n) is 9.45. The molecule has 0 amide bonds. The van der Waals surface area contributed by atoms with E-state index in [0.717, 1.165) is 10.7 Å². The van der Waals surface area contributed by atoms with Gasteiger partial charge in [-0.25, -0.2) is 4.79 Å². The van der Waals surface area contributed by atoms with Crippen LogP contribution in [-0.4, -0.2) is 33.6 Å². The summed E-state index contributed by atoms with van der Waals surface area (Å²) in [6.07, 6.45) is 0. The smallest absolute Gasteiger partial charge is 0.336 e. The Bertz CT molecular complexity index is 1260. The summed E-state index contributed by atoms with van der Waals surface area (Å²) >= 11 is 2.86. The van der Waals surface area contributed by atoms with Crippen LogP contribution in [0, 0.1) is 0 Å². The molecule has 0 saturated carbocycles. The first-order chi connectivity index (χ1) is 15.1. The molecule has 10 heteroatoms. The molecule has 3 heterocycles. The van der Waals surface area contributed by atoms with E-state index in [9.17, 15) is 9.59 Å². The first kappa shape index (κ1) is 21.1. The maximum Gasteiger partial charge on any atom is 0.336 e. The molecule has 0 aliphatic carbocycles. The van der Waals surface area contributed by atoms with Crippen molar-refractivity contribution in [3.63, 3.8) is 0 Å². The maximum atomic E-state index is 12.3. The van der Waals surface area contributed by atoms with Gasteiger partial charge in [-0.05, 0) is 30.5 Å². The van der Waals surface area contributed by atoms with E-state index in [0.29, 0.717) is 34.0 Å². The second-order valence-electron chi connectivity index (χ2n) is 6.43. The van der Waals surface area contributed by atoms with Gasteiger partial charge in [-0.15, -0.1) is 21.5 Å². The standard InChI is InChI=1S/C21H19N3O5S2/c1-3-24-20(17-5-4-8-30-17)22-23-21(24)31-12-19(26)28-11-13-9-18(25)29-16-10-14(27-2)6-7-15(13)16/h4-10H,3,11-12H2,1-2H3. The van der Waals surface area contributed by atoms with Gasteiger partial charge in [-0.1, -0.05) is 17.8 Å². The Morgan fingerprint density at radius 3 is 2.87 bits per heavy atom. The monoisotopic (exact) mass is 457 g/mol. The van der Waals surface area contributed by atoms with Crippen LogP contribution in [0.1, 0.15) is 12.5 Å².